The molecule has 0 aromatic carbocycles. The summed E-state index contributed by atoms with van der Waals surface area (Å²) < 4.78 is 1.85. The predicted octanol–water partition coefficient (Wildman–Crippen LogP) is 1.03. The number of hydrogen-bond acceptors (Lipinski definition) is 4. The lowest BCUT2D eigenvalue weighted by molar-refractivity contribution is -0.143. The zero-order valence-electron chi connectivity index (χ0n) is 10.7. The molecule has 6 nitrogen and oxygen atoms in total. The van der Waals surface area contributed by atoms with Crippen LogP contribution in [0, 0.1) is 5.92 Å². The van der Waals surface area contributed by atoms with Crippen LogP contribution in [0.3, 0.4) is 0 Å². The fraction of sp³-hybridized carbons (Fsp3) is 0.750. The molecule has 1 fully saturated rings. The van der Waals surface area contributed by atoms with Crippen molar-refractivity contribution >= 4 is 5.97 Å². The summed E-state index contributed by atoms with van der Waals surface area (Å²) in [5.41, 5.74) is 0. The highest BCUT2D eigenvalue weighted by Gasteiger charge is 2.26. The third-order valence-electron chi connectivity index (χ3n) is 3.57. The summed E-state index contributed by atoms with van der Waals surface area (Å²) in [6, 6.07) is 0.279. The van der Waals surface area contributed by atoms with Gasteiger partial charge >= 0.3 is 5.97 Å². The number of hydrogen-bond donors (Lipinski definition) is 2. The van der Waals surface area contributed by atoms with Crippen LogP contribution in [0.4, 0.5) is 0 Å². The Bertz CT molecular complexity index is 405. The van der Waals surface area contributed by atoms with E-state index in [1.807, 2.05) is 11.6 Å². The van der Waals surface area contributed by atoms with Gasteiger partial charge in [-0.05, 0) is 26.2 Å². The number of carbonyl (C=O) groups is 1. The highest BCUT2D eigenvalue weighted by Crippen LogP contribution is 2.24. The molecule has 0 bridgehead atoms. The Labute approximate surface area is 106 Å². The number of aliphatic carboxylic acids is 1. The molecule has 0 radical (unpaired) electrons. The minimum atomic E-state index is -0.668. The first-order valence-electron chi connectivity index (χ1n) is 6.53. The first-order chi connectivity index (χ1) is 8.70. The van der Waals surface area contributed by atoms with Crippen LogP contribution in [0.5, 0.6) is 0 Å². The van der Waals surface area contributed by atoms with Crippen molar-refractivity contribution < 1.29 is 9.90 Å². The molecule has 2 atom stereocenters. The van der Waals surface area contributed by atoms with E-state index in [0.29, 0.717) is 6.54 Å². The van der Waals surface area contributed by atoms with Gasteiger partial charge in [0, 0.05) is 12.6 Å². The Morgan fingerprint density at radius 2 is 2.44 bits per heavy atom. The second-order valence-electron chi connectivity index (χ2n) is 4.77. The zero-order chi connectivity index (χ0) is 13.0. The van der Waals surface area contributed by atoms with Crippen LogP contribution in [0.2, 0.25) is 0 Å². The number of aryl methyl sites for hydroxylation is 1. The summed E-state index contributed by atoms with van der Waals surface area (Å²) in [7, 11) is 0. The summed E-state index contributed by atoms with van der Waals surface area (Å²) in [5.74, 6) is 0.0495. The predicted molar refractivity (Wildman–Crippen MR) is 65.9 cm³/mol. The molecule has 0 amide bonds. The third-order valence-corrected chi connectivity index (χ3v) is 3.57. The van der Waals surface area contributed by atoms with E-state index < -0.39 is 5.97 Å². The maximum absolute atomic E-state index is 11.0. The molecule has 1 aromatic rings. The van der Waals surface area contributed by atoms with E-state index in [1.54, 1.807) is 6.33 Å². The summed E-state index contributed by atoms with van der Waals surface area (Å²) in [6.45, 7) is 3.49. The van der Waals surface area contributed by atoms with Crippen molar-refractivity contribution in [2.75, 3.05) is 0 Å². The zero-order valence-corrected chi connectivity index (χ0v) is 10.7. The average Bonchev–Trinajstić information content (AvgIpc) is 2.84. The molecule has 0 aliphatic heterocycles. The molecular weight excluding hydrogens is 232 g/mol. The maximum Gasteiger partial charge on any atom is 0.306 e. The molecule has 6 heteroatoms. The number of aromatic nitrogens is 3. The molecule has 1 aliphatic carbocycles. The van der Waals surface area contributed by atoms with E-state index in [9.17, 15) is 4.79 Å². The van der Waals surface area contributed by atoms with E-state index >= 15 is 0 Å². The second-order valence-corrected chi connectivity index (χ2v) is 4.77. The number of carboxylic acids is 1. The van der Waals surface area contributed by atoms with Gasteiger partial charge in [0.25, 0.3) is 0 Å². The summed E-state index contributed by atoms with van der Waals surface area (Å²) >= 11 is 0. The van der Waals surface area contributed by atoms with Crippen LogP contribution in [0.25, 0.3) is 0 Å². The summed E-state index contributed by atoms with van der Waals surface area (Å²) in [4.78, 5) is 15.2. The molecule has 1 saturated carbocycles. The molecule has 0 spiro atoms. The number of carboxylic acid groups (broad SMARTS) is 1. The monoisotopic (exact) mass is 252 g/mol. The Kier molecular flexibility index (Phi) is 4.30. The van der Waals surface area contributed by atoms with E-state index in [2.05, 4.69) is 15.4 Å². The Morgan fingerprint density at radius 1 is 1.61 bits per heavy atom. The fourth-order valence-corrected chi connectivity index (χ4v) is 2.52. The van der Waals surface area contributed by atoms with Gasteiger partial charge in [-0.2, -0.15) is 5.10 Å². The Balaban J connectivity index is 1.85. The first kappa shape index (κ1) is 13.0. The second kappa shape index (κ2) is 5.95. The summed E-state index contributed by atoms with van der Waals surface area (Å²) in [5, 5.41) is 16.5. The van der Waals surface area contributed by atoms with E-state index in [-0.39, 0.29) is 12.0 Å². The van der Waals surface area contributed by atoms with Crippen LogP contribution in [-0.2, 0) is 17.9 Å². The van der Waals surface area contributed by atoms with Crippen molar-refractivity contribution in [3.05, 3.63) is 12.2 Å². The number of nitrogens with one attached hydrogen (secondary N) is 1. The number of nitrogens with zero attached hydrogens (tertiary/aromatic N) is 3. The van der Waals surface area contributed by atoms with Gasteiger partial charge in [-0.15, -0.1) is 0 Å². The van der Waals surface area contributed by atoms with Crippen LogP contribution in [-0.4, -0.2) is 31.9 Å². The smallest absolute Gasteiger partial charge is 0.306 e. The van der Waals surface area contributed by atoms with Crippen molar-refractivity contribution in [1.82, 2.24) is 20.1 Å². The van der Waals surface area contributed by atoms with E-state index in [1.165, 1.54) is 0 Å². The molecule has 100 valence electrons. The molecule has 1 aromatic heterocycles. The largest absolute Gasteiger partial charge is 0.481 e. The lowest BCUT2D eigenvalue weighted by Gasteiger charge is -2.27. The van der Waals surface area contributed by atoms with Gasteiger partial charge < -0.3 is 10.4 Å². The van der Waals surface area contributed by atoms with E-state index in [0.717, 1.165) is 38.1 Å². The molecule has 0 saturated heterocycles. The molecule has 1 heterocycles. The fourth-order valence-electron chi connectivity index (χ4n) is 2.52. The maximum atomic E-state index is 11.0. The topological polar surface area (TPSA) is 80.0 Å². The number of rotatable bonds is 5. The minimum Gasteiger partial charge on any atom is -0.481 e. The van der Waals surface area contributed by atoms with Gasteiger partial charge in [0.05, 0.1) is 12.5 Å². The molecule has 1 aliphatic rings. The third kappa shape index (κ3) is 3.07. The van der Waals surface area contributed by atoms with Gasteiger partial charge in [-0.25, -0.2) is 9.67 Å². The molecule has 2 N–H and O–H groups in total. The van der Waals surface area contributed by atoms with Crippen molar-refractivity contribution in [3.63, 3.8) is 0 Å². The quantitative estimate of drug-likeness (QED) is 0.818. The van der Waals surface area contributed by atoms with Gasteiger partial charge in [-0.1, -0.05) is 6.42 Å². The minimum absolute atomic E-state index is 0.194. The first-order valence-corrected chi connectivity index (χ1v) is 6.53. The van der Waals surface area contributed by atoms with Crippen molar-refractivity contribution in [2.24, 2.45) is 5.92 Å². The van der Waals surface area contributed by atoms with Crippen molar-refractivity contribution in [1.29, 1.82) is 0 Å². The van der Waals surface area contributed by atoms with Crippen LogP contribution >= 0.6 is 0 Å². The molecular formula is C12H20N4O2. The van der Waals surface area contributed by atoms with Crippen molar-refractivity contribution in [3.8, 4) is 0 Å². The molecule has 2 unspecified atom stereocenters. The molecule has 2 rings (SSSR count). The lowest BCUT2D eigenvalue weighted by Crippen LogP contribution is -2.36. The van der Waals surface area contributed by atoms with Gasteiger partial charge in [0.1, 0.15) is 12.2 Å². The highest BCUT2D eigenvalue weighted by molar-refractivity contribution is 5.70. The summed E-state index contributed by atoms with van der Waals surface area (Å²) in [6.07, 6.45) is 5.11. The van der Waals surface area contributed by atoms with Gasteiger partial charge in [0.15, 0.2) is 0 Å². The normalized spacial score (nSPS) is 24.1. The van der Waals surface area contributed by atoms with Crippen LogP contribution < -0.4 is 5.32 Å². The van der Waals surface area contributed by atoms with Crippen molar-refractivity contribution in [2.45, 2.75) is 51.7 Å². The van der Waals surface area contributed by atoms with Crippen LogP contribution in [0.1, 0.15) is 38.4 Å². The Morgan fingerprint density at radius 3 is 3.17 bits per heavy atom. The Hall–Kier alpha value is -1.43. The molecule has 18 heavy (non-hydrogen) atoms. The van der Waals surface area contributed by atoms with Crippen LogP contribution in [0.15, 0.2) is 6.33 Å². The highest BCUT2D eigenvalue weighted by atomic mass is 16.4. The van der Waals surface area contributed by atoms with Gasteiger partial charge in [-0.3, -0.25) is 4.79 Å². The van der Waals surface area contributed by atoms with Gasteiger partial charge in [0.2, 0.25) is 0 Å². The standard InChI is InChI=1S/C12H20N4O2/c1-2-16-11(14-8-15-16)7-13-10-5-3-4-9(6-10)12(17)18/h8-10,13H,2-7H2,1H3,(H,17,18). The van der Waals surface area contributed by atoms with E-state index in [4.69, 9.17) is 5.11 Å². The average molecular weight is 252 g/mol. The SMILES string of the molecule is CCn1ncnc1CNC1CCCC(C(=O)O)C1. The lowest BCUT2D eigenvalue weighted by atomic mass is 9.86.